The summed E-state index contributed by atoms with van der Waals surface area (Å²) in [6.07, 6.45) is 0. The molecule has 4 aromatic rings. The summed E-state index contributed by atoms with van der Waals surface area (Å²) in [6, 6.07) is 22.8. The molecule has 0 aliphatic rings. The first-order chi connectivity index (χ1) is 19.4. The van der Waals surface area contributed by atoms with E-state index in [1.165, 1.54) is 30.3 Å². The van der Waals surface area contributed by atoms with Crippen molar-refractivity contribution in [3.8, 4) is 5.75 Å². The van der Waals surface area contributed by atoms with Crippen LogP contribution in [0.1, 0.15) is 15.9 Å². The Hall–Kier alpha value is -4.60. The SMILES string of the molecule is NS(=O)(=O)c1cccc(NS(=O)(=O)c2ccc(O)c(NN=C(N=Nc3ccccc3C(=O)O)c3ccccc3)c2)c1.[Cu]. The molecule has 0 saturated carbocycles. The number of benzene rings is 4. The summed E-state index contributed by atoms with van der Waals surface area (Å²) in [7, 11) is -8.31. The largest absolute Gasteiger partial charge is 0.506 e. The van der Waals surface area contributed by atoms with Crippen molar-refractivity contribution in [3.05, 3.63) is 108 Å². The van der Waals surface area contributed by atoms with Gasteiger partial charge in [-0.3, -0.25) is 10.1 Å². The molecule has 0 amide bonds. The van der Waals surface area contributed by atoms with Gasteiger partial charge in [-0.15, -0.1) is 10.2 Å². The molecule has 6 N–H and O–H groups in total. The zero-order chi connectivity index (χ0) is 29.6. The second-order valence-electron chi connectivity index (χ2n) is 8.29. The van der Waals surface area contributed by atoms with Crippen molar-refractivity contribution in [3.63, 3.8) is 0 Å². The van der Waals surface area contributed by atoms with E-state index in [-0.39, 0.29) is 61.1 Å². The van der Waals surface area contributed by atoms with E-state index in [1.54, 1.807) is 42.5 Å². The van der Waals surface area contributed by atoms with Crippen LogP contribution in [0, 0.1) is 0 Å². The van der Waals surface area contributed by atoms with Crippen LogP contribution >= 0.6 is 0 Å². The van der Waals surface area contributed by atoms with Crippen LogP contribution in [-0.2, 0) is 37.1 Å². The molecule has 42 heavy (non-hydrogen) atoms. The van der Waals surface area contributed by atoms with E-state index in [0.717, 1.165) is 24.3 Å². The zero-order valence-electron chi connectivity index (χ0n) is 21.2. The number of anilines is 2. The number of amidine groups is 1. The van der Waals surface area contributed by atoms with E-state index >= 15 is 0 Å². The molecular formula is C26H22CuN6O7S2. The summed E-state index contributed by atoms with van der Waals surface area (Å²) < 4.78 is 51.5. The van der Waals surface area contributed by atoms with E-state index in [9.17, 15) is 31.8 Å². The maximum absolute atomic E-state index is 13.0. The van der Waals surface area contributed by atoms with Crippen LogP contribution in [0.3, 0.4) is 0 Å². The molecule has 0 aliphatic carbocycles. The maximum Gasteiger partial charge on any atom is 0.337 e. The van der Waals surface area contributed by atoms with E-state index in [0.29, 0.717) is 5.56 Å². The Morgan fingerprint density at radius 3 is 2.19 bits per heavy atom. The molecular weight excluding hydrogens is 636 g/mol. The molecule has 4 rings (SSSR count). The number of nitrogens with zero attached hydrogens (tertiary/aromatic N) is 3. The van der Waals surface area contributed by atoms with Gasteiger partial charge >= 0.3 is 5.97 Å². The smallest absolute Gasteiger partial charge is 0.337 e. The number of carboxylic acids is 1. The average molecular weight is 658 g/mol. The van der Waals surface area contributed by atoms with Crippen molar-refractivity contribution in [1.29, 1.82) is 0 Å². The summed E-state index contributed by atoms with van der Waals surface area (Å²) in [5.74, 6) is -1.54. The number of sulfonamides is 2. The van der Waals surface area contributed by atoms with Crippen molar-refractivity contribution in [2.24, 2.45) is 20.5 Å². The Morgan fingerprint density at radius 1 is 0.810 bits per heavy atom. The number of azo groups is 1. The third kappa shape index (κ3) is 7.99. The minimum Gasteiger partial charge on any atom is -0.506 e. The van der Waals surface area contributed by atoms with Crippen molar-refractivity contribution >= 4 is 48.9 Å². The Bertz CT molecular complexity index is 1880. The number of carboxylic acid groups (broad SMARTS) is 1. The number of hydrazone groups is 1. The molecule has 0 fully saturated rings. The number of primary sulfonamides is 1. The van der Waals surface area contributed by atoms with Gasteiger partial charge < -0.3 is 10.2 Å². The molecule has 221 valence electrons. The van der Waals surface area contributed by atoms with Crippen LogP contribution in [0.4, 0.5) is 17.1 Å². The van der Waals surface area contributed by atoms with Crippen LogP contribution in [0.25, 0.3) is 0 Å². The van der Waals surface area contributed by atoms with Crippen LogP contribution in [-0.4, -0.2) is 38.9 Å². The minimum atomic E-state index is -4.25. The van der Waals surface area contributed by atoms with Crippen molar-refractivity contribution < 1.29 is 48.9 Å². The maximum atomic E-state index is 13.0. The first-order valence-electron chi connectivity index (χ1n) is 11.6. The van der Waals surface area contributed by atoms with Gasteiger partial charge in [-0.1, -0.05) is 48.5 Å². The standard InChI is InChI=1S/C26H22N6O7S2.Cu/c27-40(36,37)19-10-6-9-18(15-19)32-41(38,39)20-13-14-24(33)23(16-20)29-31-25(17-7-2-1-3-8-17)30-28-22-12-5-4-11-21(22)26(34)35;/h1-16,29,32-33H,(H,34,35)(H2,27,36,37);. The van der Waals surface area contributed by atoms with E-state index in [1.807, 2.05) is 0 Å². The summed E-state index contributed by atoms with van der Waals surface area (Å²) >= 11 is 0. The number of nitrogens with one attached hydrogen (secondary N) is 2. The molecule has 0 unspecified atom stereocenters. The molecule has 0 bridgehead atoms. The van der Waals surface area contributed by atoms with Gasteiger partial charge in [0.2, 0.25) is 15.9 Å². The van der Waals surface area contributed by atoms with E-state index in [2.05, 4.69) is 25.5 Å². The van der Waals surface area contributed by atoms with Gasteiger partial charge in [0.15, 0.2) is 0 Å². The van der Waals surface area contributed by atoms with Gasteiger partial charge in [0.1, 0.15) is 11.4 Å². The molecule has 13 nitrogen and oxygen atoms in total. The molecule has 0 heterocycles. The minimum absolute atomic E-state index is 0. The Balaban J connectivity index is 0.00000484. The number of aromatic hydroxyl groups is 1. The molecule has 0 atom stereocenters. The number of carbonyl (C=O) groups is 1. The normalized spacial score (nSPS) is 12.0. The van der Waals surface area contributed by atoms with Crippen LogP contribution < -0.4 is 15.3 Å². The Kier molecular flexibility index (Phi) is 10.2. The first-order valence-corrected chi connectivity index (χ1v) is 14.6. The monoisotopic (exact) mass is 657 g/mol. The Morgan fingerprint density at radius 2 is 1.50 bits per heavy atom. The molecule has 1 radical (unpaired) electrons. The number of phenolic OH excluding ortho intramolecular Hbond substituents is 1. The van der Waals surface area contributed by atoms with Crippen molar-refractivity contribution in [1.82, 2.24) is 0 Å². The fourth-order valence-corrected chi connectivity index (χ4v) is 5.05. The Labute approximate surface area is 251 Å². The molecule has 4 aromatic carbocycles. The van der Waals surface area contributed by atoms with Crippen LogP contribution in [0.15, 0.2) is 122 Å². The number of aromatic carboxylic acids is 1. The summed E-state index contributed by atoms with van der Waals surface area (Å²) in [4.78, 5) is 10.9. The van der Waals surface area contributed by atoms with Crippen LogP contribution in [0.5, 0.6) is 5.75 Å². The molecule has 0 aromatic heterocycles. The summed E-state index contributed by atoms with van der Waals surface area (Å²) in [6.45, 7) is 0. The van der Waals surface area contributed by atoms with Gasteiger partial charge in [-0.25, -0.2) is 26.8 Å². The van der Waals surface area contributed by atoms with Crippen molar-refractivity contribution in [2.45, 2.75) is 9.79 Å². The fourth-order valence-electron chi connectivity index (χ4n) is 3.41. The molecule has 0 spiro atoms. The molecule has 16 heteroatoms. The second-order valence-corrected chi connectivity index (χ2v) is 11.5. The zero-order valence-corrected chi connectivity index (χ0v) is 23.8. The molecule has 0 aliphatic heterocycles. The summed E-state index contributed by atoms with van der Waals surface area (Å²) in [5.41, 5.74) is 2.90. The predicted octanol–water partition coefficient (Wildman–Crippen LogP) is 4.09. The van der Waals surface area contributed by atoms with Gasteiger partial charge in [-0.2, -0.15) is 5.10 Å². The van der Waals surface area contributed by atoms with Gasteiger partial charge in [-0.05, 0) is 48.5 Å². The topological polar surface area (TPSA) is 213 Å². The van der Waals surface area contributed by atoms with Gasteiger partial charge in [0, 0.05) is 22.6 Å². The summed E-state index contributed by atoms with van der Waals surface area (Å²) in [5, 5.41) is 37.2. The van der Waals surface area contributed by atoms with Crippen LogP contribution in [0.2, 0.25) is 0 Å². The van der Waals surface area contributed by atoms with E-state index < -0.39 is 26.0 Å². The number of phenols is 1. The third-order valence-electron chi connectivity index (χ3n) is 5.39. The number of hydrogen-bond acceptors (Lipinski definition) is 9. The fraction of sp³-hybridized carbons (Fsp3) is 0. The van der Waals surface area contributed by atoms with E-state index in [4.69, 9.17) is 5.14 Å². The first kappa shape index (κ1) is 31.9. The quantitative estimate of drug-likeness (QED) is 0.0440. The number of hydrogen-bond donors (Lipinski definition) is 5. The predicted molar refractivity (Wildman–Crippen MR) is 151 cm³/mol. The third-order valence-corrected chi connectivity index (χ3v) is 7.68. The number of nitrogens with two attached hydrogens (primary N) is 1. The second kappa shape index (κ2) is 13.4. The van der Waals surface area contributed by atoms with Crippen molar-refractivity contribution in [2.75, 3.05) is 10.1 Å². The van der Waals surface area contributed by atoms with Gasteiger partial charge in [0.05, 0.1) is 26.7 Å². The average Bonchev–Trinajstić information content (AvgIpc) is 2.94. The molecule has 0 saturated heterocycles. The number of rotatable bonds is 9. The van der Waals surface area contributed by atoms with Gasteiger partial charge in [0.25, 0.3) is 10.0 Å².